The highest BCUT2D eigenvalue weighted by Crippen LogP contribution is 2.51. The molecule has 1 N–H and O–H groups in total. The van der Waals surface area contributed by atoms with Crippen LogP contribution in [-0.2, 0) is 14.9 Å². The van der Waals surface area contributed by atoms with Crippen LogP contribution in [0.5, 0.6) is 0 Å². The molecule has 4 heteroatoms. The first-order valence-corrected chi connectivity index (χ1v) is 6.54. The second-order valence-corrected chi connectivity index (χ2v) is 5.93. The minimum Gasteiger partial charge on any atom is -0.396 e. The SMILES string of the molecule is OCC1(C2(c3cccc(Br)c3)COC2)COC1. The Morgan fingerprint density at radius 2 is 1.88 bits per heavy atom. The molecule has 0 bridgehead atoms. The highest BCUT2D eigenvalue weighted by Gasteiger charge is 2.60. The molecule has 2 fully saturated rings. The van der Waals surface area contributed by atoms with E-state index in [-0.39, 0.29) is 17.4 Å². The molecular formula is C13H15BrO3. The molecule has 2 saturated heterocycles. The molecule has 3 nitrogen and oxygen atoms in total. The normalized spacial score (nSPS) is 24.8. The first-order valence-electron chi connectivity index (χ1n) is 5.75. The zero-order valence-electron chi connectivity index (χ0n) is 9.49. The average molecular weight is 299 g/mol. The van der Waals surface area contributed by atoms with Crippen LogP contribution in [0.1, 0.15) is 5.56 Å². The molecule has 2 aliphatic heterocycles. The molecule has 0 aliphatic carbocycles. The summed E-state index contributed by atoms with van der Waals surface area (Å²) in [6.45, 7) is 2.75. The van der Waals surface area contributed by atoms with Gasteiger partial charge < -0.3 is 14.6 Å². The van der Waals surface area contributed by atoms with E-state index < -0.39 is 0 Å². The van der Waals surface area contributed by atoms with Crippen molar-refractivity contribution in [2.75, 3.05) is 33.0 Å². The Hall–Kier alpha value is -0.420. The van der Waals surface area contributed by atoms with Crippen molar-refractivity contribution in [3.8, 4) is 0 Å². The molecule has 2 aliphatic rings. The average Bonchev–Trinajstić information content (AvgIpc) is 2.20. The summed E-state index contributed by atoms with van der Waals surface area (Å²) in [5.74, 6) is 0. The fraction of sp³-hybridized carbons (Fsp3) is 0.538. The third kappa shape index (κ3) is 1.51. The van der Waals surface area contributed by atoms with Crippen LogP contribution in [0.2, 0.25) is 0 Å². The van der Waals surface area contributed by atoms with Crippen LogP contribution in [0.25, 0.3) is 0 Å². The molecule has 0 radical (unpaired) electrons. The fourth-order valence-electron chi connectivity index (χ4n) is 2.74. The Morgan fingerprint density at radius 3 is 2.29 bits per heavy atom. The van der Waals surface area contributed by atoms with Crippen molar-refractivity contribution in [3.05, 3.63) is 34.3 Å². The summed E-state index contributed by atoms with van der Waals surface area (Å²) in [6, 6.07) is 8.28. The van der Waals surface area contributed by atoms with Gasteiger partial charge in [-0.1, -0.05) is 28.1 Å². The quantitative estimate of drug-likeness (QED) is 0.924. The number of hydrogen-bond donors (Lipinski definition) is 1. The summed E-state index contributed by atoms with van der Waals surface area (Å²) >= 11 is 3.50. The van der Waals surface area contributed by atoms with Gasteiger partial charge in [0.05, 0.1) is 43.9 Å². The van der Waals surface area contributed by atoms with E-state index in [0.29, 0.717) is 26.4 Å². The van der Waals surface area contributed by atoms with E-state index in [1.807, 2.05) is 12.1 Å². The molecule has 0 unspecified atom stereocenters. The van der Waals surface area contributed by atoms with Gasteiger partial charge in [0.15, 0.2) is 0 Å². The monoisotopic (exact) mass is 298 g/mol. The van der Waals surface area contributed by atoms with Crippen LogP contribution < -0.4 is 0 Å². The van der Waals surface area contributed by atoms with E-state index in [0.717, 1.165) is 4.47 Å². The third-order valence-corrected chi connectivity index (χ3v) is 4.64. The molecule has 0 aromatic heterocycles. The molecule has 1 aromatic carbocycles. The van der Waals surface area contributed by atoms with E-state index in [1.54, 1.807) is 0 Å². The van der Waals surface area contributed by atoms with Crippen LogP contribution >= 0.6 is 15.9 Å². The minimum absolute atomic E-state index is 0.0796. The van der Waals surface area contributed by atoms with Gasteiger partial charge in [0.1, 0.15) is 0 Å². The van der Waals surface area contributed by atoms with Crippen molar-refractivity contribution in [2.24, 2.45) is 5.41 Å². The molecule has 0 atom stereocenters. The van der Waals surface area contributed by atoms with Crippen molar-refractivity contribution in [2.45, 2.75) is 5.41 Å². The lowest BCUT2D eigenvalue weighted by atomic mass is 9.57. The number of aliphatic hydroxyl groups is 1. The summed E-state index contributed by atoms with van der Waals surface area (Å²) in [7, 11) is 0. The Kier molecular flexibility index (Phi) is 2.78. The van der Waals surface area contributed by atoms with E-state index >= 15 is 0 Å². The highest BCUT2D eigenvalue weighted by molar-refractivity contribution is 9.10. The lowest BCUT2D eigenvalue weighted by Gasteiger charge is -2.58. The Balaban J connectivity index is 2.02. The van der Waals surface area contributed by atoms with E-state index in [4.69, 9.17) is 9.47 Å². The van der Waals surface area contributed by atoms with Gasteiger partial charge in [0.2, 0.25) is 0 Å². The summed E-state index contributed by atoms with van der Waals surface area (Å²) < 4.78 is 11.8. The van der Waals surface area contributed by atoms with Crippen LogP contribution in [0.3, 0.4) is 0 Å². The molecule has 0 amide bonds. The molecule has 3 rings (SSSR count). The number of rotatable bonds is 3. The van der Waals surface area contributed by atoms with Gasteiger partial charge in [-0.2, -0.15) is 0 Å². The third-order valence-electron chi connectivity index (χ3n) is 4.15. The lowest BCUT2D eigenvalue weighted by molar-refractivity contribution is -0.242. The maximum Gasteiger partial charge on any atom is 0.0593 e. The summed E-state index contributed by atoms with van der Waals surface area (Å²) in [6.07, 6.45) is 0. The molecule has 0 spiro atoms. The van der Waals surface area contributed by atoms with E-state index in [1.165, 1.54) is 5.56 Å². The van der Waals surface area contributed by atoms with Gasteiger partial charge in [0, 0.05) is 4.47 Å². The first kappa shape index (κ1) is 11.7. The molecule has 1 aromatic rings. The van der Waals surface area contributed by atoms with E-state index in [2.05, 4.69) is 28.1 Å². The minimum atomic E-state index is -0.161. The van der Waals surface area contributed by atoms with Crippen molar-refractivity contribution in [3.63, 3.8) is 0 Å². The maximum absolute atomic E-state index is 9.72. The standard InChI is InChI=1S/C13H15BrO3/c14-11-3-1-2-10(4-11)13(8-17-9-13)12(5-15)6-16-7-12/h1-4,15H,5-9H2. The maximum atomic E-state index is 9.72. The van der Waals surface area contributed by atoms with Gasteiger partial charge >= 0.3 is 0 Å². The Labute approximate surface area is 109 Å². The zero-order valence-corrected chi connectivity index (χ0v) is 11.1. The second kappa shape index (κ2) is 4.05. The zero-order chi connectivity index (χ0) is 11.9. The van der Waals surface area contributed by atoms with Gasteiger partial charge in [-0.15, -0.1) is 0 Å². The molecule has 2 heterocycles. The van der Waals surface area contributed by atoms with Crippen molar-refractivity contribution in [1.29, 1.82) is 0 Å². The predicted octanol–water partition coefficient (Wildman–Crippen LogP) is 1.73. The van der Waals surface area contributed by atoms with Gasteiger partial charge in [-0.05, 0) is 17.7 Å². The lowest BCUT2D eigenvalue weighted by Crippen LogP contribution is -2.68. The number of halogens is 1. The molecule has 92 valence electrons. The van der Waals surface area contributed by atoms with Crippen LogP contribution in [-0.4, -0.2) is 38.1 Å². The fourth-order valence-corrected chi connectivity index (χ4v) is 3.14. The first-order chi connectivity index (χ1) is 8.22. The molecular weight excluding hydrogens is 284 g/mol. The second-order valence-electron chi connectivity index (χ2n) is 5.02. The molecule has 17 heavy (non-hydrogen) atoms. The van der Waals surface area contributed by atoms with Crippen LogP contribution in [0.4, 0.5) is 0 Å². The van der Waals surface area contributed by atoms with Crippen molar-refractivity contribution in [1.82, 2.24) is 0 Å². The Bertz CT molecular complexity index is 419. The number of ether oxygens (including phenoxy) is 2. The predicted molar refractivity (Wildman–Crippen MR) is 67.0 cm³/mol. The number of benzene rings is 1. The highest BCUT2D eigenvalue weighted by atomic mass is 79.9. The topological polar surface area (TPSA) is 38.7 Å². The van der Waals surface area contributed by atoms with Crippen molar-refractivity contribution < 1.29 is 14.6 Å². The van der Waals surface area contributed by atoms with Crippen LogP contribution in [0, 0.1) is 5.41 Å². The molecule has 0 saturated carbocycles. The van der Waals surface area contributed by atoms with Gasteiger partial charge in [0.25, 0.3) is 0 Å². The van der Waals surface area contributed by atoms with Gasteiger partial charge in [-0.25, -0.2) is 0 Å². The summed E-state index contributed by atoms with van der Waals surface area (Å²) in [5.41, 5.74) is 0.992. The van der Waals surface area contributed by atoms with E-state index in [9.17, 15) is 5.11 Å². The largest absolute Gasteiger partial charge is 0.396 e. The van der Waals surface area contributed by atoms with Gasteiger partial charge in [-0.3, -0.25) is 0 Å². The Morgan fingerprint density at radius 1 is 1.18 bits per heavy atom. The summed E-state index contributed by atoms with van der Waals surface area (Å²) in [4.78, 5) is 0. The summed E-state index contributed by atoms with van der Waals surface area (Å²) in [5, 5.41) is 9.72. The van der Waals surface area contributed by atoms with Crippen molar-refractivity contribution >= 4 is 15.9 Å². The van der Waals surface area contributed by atoms with Crippen LogP contribution in [0.15, 0.2) is 28.7 Å². The number of hydrogen-bond acceptors (Lipinski definition) is 3. The smallest absolute Gasteiger partial charge is 0.0593 e. The number of aliphatic hydroxyl groups excluding tert-OH is 1.